The normalized spacial score (nSPS) is 11.2. The average Bonchev–Trinajstić information content (AvgIpc) is 2.38. The van der Waals surface area contributed by atoms with E-state index in [1.165, 1.54) is 12.1 Å². The maximum atomic E-state index is 13.0. The lowest BCUT2D eigenvalue weighted by molar-refractivity contribution is -0.136. The second kappa shape index (κ2) is 6.76. The van der Waals surface area contributed by atoms with Crippen molar-refractivity contribution in [3.63, 3.8) is 0 Å². The molecule has 0 unspecified atom stereocenters. The number of halogens is 4. The van der Waals surface area contributed by atoms with Crippen LogP contribution in [0.1, 0.15) is 16.7 Å². The number of hydrogen-bond donors (Lipinski definition) is 2. The van der Waals surface area contributed by atoms with Gasteiger partial charge in [-0.15, -0.1) is 0 Å². The van der Waals surface area contributed by atoms with Crippen molar-refractivity contribution in [2.45, 2.75) is 20.0 Å². The molecule has 0 aliphatic rings. The number of nitrogens with one attached hydrogen (secondary N) is 2. The first kappa shape index (κ1) is 17.6. The molecule has 0 amide bonds. The molecule has 0 aromatic heterocycles. The lowest BCUT2D eigenvalue weighted by Crippen LogP contribution is -2.21. The summed E-state index contributed by atoms with van der Waals surface area (Å²) in [6.45, 7) is 3.85. The third-order valence-electron chi connectivity index (χ3n) is 3.01. The molecule has 0 spiro atoms. The molecule has 0 atom stereocenters. The van der Waals surface area contributed by atoms with Gasteiger partial charge in [0.1, 0.15) is 0 Å². The second-order valence-corrected chi connectivity index (χ2v) is 5.99. The van der Waals surface area contributed by atoms with E-state index in [4.69, 9.17) is 23.8 Å². The molecule has 2 aromatic carbocycles. The maximum Gasteiger partial charge on any atom is 0.418 e. The fourth-order valence-corrected chi connectivity index (χ4v) is 2.59. The number of thiocarbonyl (C=S) groups is 1. The van der Waals surface area contributed by atoms with Crippen LogP contribution >= 0.6 is 23.8 Å². The Kier molecular flexibility index (Phi) is 5.16. The molecule has 0 fully saturated rings. The lowest BCUT2D eigenvalue weighted by atomic mass is 10.1. The van der Waals surface area contributed by atoms with Crippen molar-refractivity contribution >= 4 is 40.3 Å². The Hall–Kier alpha value is -1.79. The molecule has 7 heteroatoms. The number of anilines is 2. The standard InChI is InChI=1S/C16H14ClF3N2S/c1-9-5-10(2)7-12(6-9)21-15(23)22-14-4-3-11(17)8-13(14)16(18,19)20/h3-8H,1-2H3,(H2,21,22,23). The number of aryl methyl sites for hydroxylation is 2. The Bertz CT molecular complexity index is 724. The molecule has 0 aliphatic heterocycles. The van der Waals surface area contributed by atoms with Crippen molar-refractivity contribution in [2.75, 3.05) is 10.6 Å². The third kappa shape index (κ3) is 4.84. The topological polar surface area (TPSA) is 24.1 Å². The van der Waals surface area contributed by atoms with Crippen LogP contribution in [0.4, 0.5) is 24.5 Å². The highest BCUT2D eigenvalue weighted by molar-refractivity contribution is 7.80. The van der Waals surface area contributed by atoms with Crippen molar-refractivity contribution in [3.8, 4) is 0 Å². The van der Waals surface area contributed by atoms with Crippen LogP contribution in [0.2, 0.25) is 5.02 Å². The zero-order valence-corrected chi connectivity index (χ0v) is 14.0. The van der Waals surface area contributed by atoms with Gasteiger partial charge in [-0.1, -0.05) is 17.7 Å². The van der Waals surface area contributed by atoms with Crippen LogP contribution in [0.5, 0.6) is 0 Å². The Morgan fingerprint density at radius 2 is 1.61 bits per heavy atom. The molecule has 23 heavy (non-hydrogen) atoms. The van der Waals surface area contributed by atoms with Gasteiger partial charge in [0.2, 0.25) is 0 Å². The zero-order valence-electron chi connectivity index (χ0n) is 12.4. The predicted octanol–water partition coefficient (Wildman–Crippen LogP) is 5.78. The molecule has 2 nitrogen and oxygen atoms in total. The van der Waals surface area contributed by atoms with Crippen molar-refractivity contribution in [1.82, 2.24) is 0 Å². The Morgan fingerprint density at radius 1 is 1.00 bits per heavy atom. The quantitative estimate of drug-likeness (QED) is 0.665. The van der Waals surface area contributed by atoms with Crippen molar-refractivity contribution < 1.29 is 13.2 Å². The van der Waals surface area contributed by atoms with Gasteiger partial charge in [-0.2, -0.15) is 13.2 Å². The molecule has 0 saturated carbocycles. The van der Waals surface area contributed by atoms with E-state index >= 15 is 0 Å². The minimum atomic E-state index is -4.53. The predicted molar refractivity (Wildman–Crippen MR) is 92.2 cm³/mol. The first-order valence-corrected chi connectivity index (χ1v) is 7.47. The minimum Gasteiger partial charge on any atom is -0.332 e. The molecule has 0 heterocycles. The molecule has 2 aromatic rings. The van der Waals surface area contributed by atoms with Crippen molar-refractivity contribution in [3.05, 3.63) is 58.1 Å². The van der Waals surface area contributed by atoms with Crippen LogP contribution < -0.4 is 10.6 Å². The molecule has 2 rings (SSSR count). The second-order valence-electron chi connectivity index (χ2n) is 5.14. The van der Waals surface area contributed by atoms with Gasteiger partial charge in [0.05, 0.1) is 11.3 Å². The van der Waals surface area contributed by atoms with E-state index in [1.807, 2.05) is 32.0 Å². The van der Waals surface area contributed by atoms with Crippen LogP contribution in [0, 0.1) is 13.8 Å². The van der Waals surface area contributed by atoms with Crippen molar-refractivity contribution in [1.29, 1.82) is 0 Å². The fraction of sp³-hybridized carbons (Fsp3) is 0.188. The average molecular weight is 359 g/mol. The molecule has 2 N–H and O–H groups in total. The fourth-order valence-electron chi connectivity index (χ4n) is 2.19. The Balaban J connectivity index is 2.20. The number of hydrogen-bond acceptors (Lipinski definition) is 1. The number of alkyl halides is 3. The van der Waals surface area contributed by atoms with Crippen molar-refractivity contribution in [2.24, 2.45) is 0 Å². The summed E-state index contributed by atoms with van der Waals surface area (Å²) in [6.07, 6.45) is -4.53. The van der Waals surface area contributed by atoms with Gasteiger partial charge in [0, 0.05) is 10.7 Å². The molecular weight excluding hydrogens is 345 g/mol. The van der Waals surface area contributed by atoms with E-state index in [9.17, 15) is 13.2 Å². The summed E-state index contributed by atoms with van der Waals surface area (Å²) >= 11 is 10.7. The van der Waals surface area contributed by atoms with Gasteiger partial charge in [-0.3, -0.25) is 0 Å². The molecule has 0 bridgehead atoms. The molecular formula is C16H14ClF3N2S. The molecule has 0 radical (unpaired) electrons. The first-order chi connectivity index (χ1) is 10.6. The highest BCUT2D eigenvalue weighted by Crippen LogP contribution is 2.36. The van der Waals surface area contributed by atoms with Gasteiger partial charge in [-0.25, -0.2) is 0 Å². The molecule has 0 aliphatic carbocycles. The van der Waals surface area contributed by atoms with Gasteiger partial charge in [0.25, 0.3) is 0 Å². The van der Waals surface area contributed by atoms with Gasteiger partial charge < -0.3 is 10.6 Å². The molecule has 0 saturated heterocycles. The van der Waals surface area contributed by atoms with Gasteiger partial charge in [-0.05, 0) is 67.5 Å². The van der Waals surface area contributed by atoms with Crippen LogP contribution in [0.15, 0.2) is 36.4 Å². The van der Waals surface area contributed by atoms with Gasteiger partial charge >= 0.3 is 6.18 Å². The summed E-state index contributed by atoms with van der Waals surface area (Å²) in [6, 6.07) is 9.19. The van der Waals surface area contributed by atoms with E-state index in [1.54, 1.807) is 0 Å². The van der Waals surface area contributed by atoms with E-state index in [0.717, 1.165) is 17.2 Å². The lowest BCUT2D eigenvalue weighted by Gasteiger charge is -2.16. The summed E-state index contributed by atoms with van der Waals surface area (Å²) in [4.78, 5) is 0. The van der Waals surface area contributed by atoms with Gasteiger partial charge in [0.15, 0.2) is 5.11 Å². The Labute approximate surface area is 142 Å². The third-order valence-corrected chi connectivity index (χ3v) is 3.45. The Morgan fingerprint density at radius 3 is 2.17 bits per heavy atom. The smallest absolute Gasteiger partial charge is 0.332 e. The SMILES string of the molecule is Cc1cc(C)cc(NC(=S)Nc2ccc(Cl)cc2C(F)(F)F)c1. The van der Waals surface area contributed by atoms with Crippen LogP contribution in [0.3, 0.4) is 0 Å². The monoisotopic (exact) mass is 358 g/mol. The largest absolute Gasteiger partial charge is 0.418 e. The number of rotatable bonds is 2. The van der Waals surface area contributed by atoms with E-state index in [0.29, 0.717) is 5.69 Å². The number of benzene rings is 2. The van der Waals surface area contributed by atoms with E-state index in [-0.39, 0.29) is 15.8 Å². The summed E-state index contributed by atoms with van der Waals surface area (Å²) in [5, 5.41) is 5.54. The maximum absolute atomic E-state index is 13.0. The highest BCUT2D eigenvalue weighted by atomic mass is 35.5. The summed E-state index contributed by atoms with van der Waals surface area (Å²) in [5.74, 6) is 0. The molecule has 122 valence electrons. The first-order valence-electron chi connectivity index (χ1n) is 6.68. The summed E-state index contributed by atoms with van der Waals surface area (Å²) in [7, 11) is 0. The van der Waals surface area contributed by atoms with Crippen LogP contribution in [-0.4, -0.2) is 5.11 Å². The summed E-state index contributed by atoms with van der Waals surface area (Å²) in [5.41, 5.74) is 1.75. The van der Waals surface area contributed by atoms with Crippen LogP contribution in [-0.2, 0) is 6.18 Å². The minimum absolute atomic E-state index is 0.0102. The zero-order chi connectivity index (χ0) is 17.2. The highest BCUT2D eigenvalue weighted by Gasteiger charge is 2.34. The van der Waals surface area contributed by atoms with E-state index in [2.05, 4.69) is 10.6 Å². The summed E-state index contributed by atoms with van der Waals surface area (Å²) < 4.78 is 39.1. The van der Waals surface area contributed by atoms with Crippen LogP contribution in [0.25, 0.3) is 0 Å². The van der Waals surface area contributed by atoms with E-state index < -0.39 is 11.7 Å².